The van der Waals surface area contributed by atoms with E-state index in [1.807, 2.05) is 19.1 Å². The zero-order chi connectivity index (χ0) is 10.7. The summed E-state index contributed by atoms with van der Waals surface area (Å²) in [5.74, 6) is 0.329. The number of fused-ring (bicyclic) bond motifs is 1. The predicted molar refractivity (Wildman–Crippen MR) is 62.1 cm³/mol. The van der Waals surface area contributed by atoms with Crippen molar-refractivity contribution in [2.24, 2.45) is 0 Å². The first-order chi connectivity index (χ1) is 7.25. The second-order valence-corrected chi connectivity index (χ2v) is 3.78. The maximum absolute atomic E-state index is 8.76. The fourth-order valence-corrected chi connectivity index (χ4v) is 1.38. The first kappa shape index (κ1) is 9.78. The van der Waals surface area contributed by atoms with E-state index in [-0.39, 0.29) is 0 Å². The van der Waals surface area contributed by atoms with Gasteiger partial charge in [0.1, 0.15) is 5.75 Å². The van der Waals surface area contributed by atoms with E-state index in [2.05, 4.69) is 24.3 Å². The van der Waals surface area contributed by atoms with Gasteiger partial charge in [0.05, 0.1) is 0 Å². The Morgan fingerprint density at radius 2 is 1.40 bits per heavy atom. The van der Waals surface area contributed by atoms with Gasteiger partial charge in [0.2, 0.25) is 0 Å². The van der Waals surface area contributed by atoms with E-state index in [4.69, 9.17) is 5.11 Å². The van der Waals surface area contributed by atoms with Crippen molar-refractivity contribution in [3.8, 4) is 5.75 Å². The molecule has 0 fully saturated rings. The lowest BCUT2D eigenvalue weighted by atomic mass is 10.2. The maximum atomic E-state index is 8.76. The summed E-state index contributed by atoms with van der Waals surface area (Å²) in [6.07, 6.45) is 1.24. The van der Waals surface area contributed by atoms with Crippen molar-refractivity contribution in [3.05, 3.63) is 65.2 Å². The molecule has 15 heavy (non-hydrogen) atoms. The highest BCUT2D eigenvalue weighted by molar-refractivity contribution is 5.44. The van der Waals surface area contributed by atoms with Gasteiger partial charge in [0.15, 0.2) is 0 Å². The monoisotopic (exact) mass is 198 g/mol. The van der Waals surface area contributed by atoms with E-state index in [9.17, 15) is 0 Å². The van der Waals surface area contributed by atoms with Gasteiger partial charge in [-0.2, -0.15) is 0 Å². The lowest BCUT2D eigenvalue weighted by molar-refractivity contribution is 0.475. The van der Waals surface area contributed by atoms with Crippen molar-refractivity contribution in [2.75, 3.05) is 0 Å². The summed E-state index contributed by atoms with van der Waals surface area (Å²) < 4.78 is 0. The van der Waals surface area contributed by atoms with Crippen LogP contribution in [-0.4, -0.2) is 5.11 Å². The Morgan fingerprint density at radius 1 is 0.867 bits per heavy atom. The summed E-state index contributed by atoms with van der Waals surface area (Å²) in [7, 11) is 0. The van der Waals surface area contributed by atoms with Crippen molar-refractivity contribution in [3.63, 3.8) is 0 Å². The molecule has 0 amide bonds. The average molecular weight is 198 g/mol. The third kappa shape index (κ3) is 2.84. The van der Waals surface area contributed by atoms with Gasteiger partial charge in [-0.3, -0.25) is 0 Å². The Balaban J connectivity index is 0.000000114. The van der Waals surface area contributed by atoms with Crippen LogP contribution in [-0.2, 0) is 6.42 Å². The summed E-state index contributed by atoms with van der Waals surface area (Å²) in [5.41, 5.74) is 4.23. The molecule has 0 aromatic heterocycles. The minimum absolute atomic E-state index is 0.329. The van der Waals surface area contributed by atoms with Gasteiger partial charge in [-0.1, -0.05) is 42.0 Å². The standard InChI is InChI=1S/C7H8O.C7H6/c1-6-2-4-7(8)5-3-6;1-2-4-7-5-6(7)3-1/h2-5,8H,1H3;1-4H,5H2. The van der Waals surface area contributed by atoms with Gasteiger partial charge in [0, 0.05) is 0 Å². The van der Waals surface area contributed by atoms with Crippen LogP contribution >= 0.6 is 0 Å². The molecule has 0 bridgehead atoms. The van der Waals surface area contributed by atoms with Crippen molar-refractivity contribution in [2.45, 2.75) is 13.3 Å². The van der Waals surface area contributed by atoms with Crippen LogP contribution in [0.3, 0.4) is 0 Å². The number of aromatic hydroxyl groups is 1. The quantitative estimate of drug-likeness (QED) is 0.587. The van der Waals surface area contributed by atoms with Crippen molar-refractivity contribution < 1.29 is 5.11 Å². The van der Waals surface area contributed by atoms with Crippen molar-refractivity contribution in [1.29, 1.82) is 0 Å². The van der Waals surface area contributed by atoms with Crippen LogP contribution in [0.25, 0.3) is 0 Å². The number of hydrogen-bond acceptors (Lipinski definition) is 1. The van der Waals surface area contributed by atoms with E-state index >= 15 is 0 Å². The molecule has 76 valence electrons. The molecule has 0 aliphatic heterocycles. The van der Waals surface area contributed by atoms with Crippen LogP contribution in [0.2, 0.25) is 0 Å². The van der Waals surface area contributed by atoms with E-state index in [0.717, 1.165) is 0 Å². The molecule has 1 aliphatic rings. The smallest absolute Gasteiger partial charge is 0.115 e. The third-order valence-electron chi connectivity index (χ3n) is 2.41. The number of aryl methyl sites for hydroxylation is 1. The van der Waals surface area contributed by atoms with E-state index in [1.165, 1.54) is 23.1 Å². The molecular weight excluding hydrogens is 184 g/mol. The van der Waals surface area contributed by atoms with Gasteiger partial charge >= 0.3 is 0 Å². The summed E-state index contributed by atoms with van der Waals surface area (Å²) in [4.78, 5) is 0. The molecule has 2 aromatic rings. The summed E-state index contributed by atoms with van der Waals surface area (Å²) in [6, 6.07) is 15.6. The normalized spacial score (nSPS) is 11.0. The van der Waals surface area contributed by atoms with Crippen LogP contribution < -0.4 is 0 Å². The first-order valence-corrected chi connectivity index (χ1v) is 5.08. The van der Waals surface area contributed by atoms with Crippen molar-refractivity contribution >= 4 is 0 Å². The molecule has 1 heteroatoms. The lowest BCUT2D eigenvalue weighted by Crippen LogP contribution is -1.66. The molecule has 0 spiro atoms. The molecule has 1 N–H and O–H groups in total. The minimum atomic E-state index is 0.329. The first-order valence-electron chi connectivity index (χ1n) is 5.08. The number of phenolic OH excluding ortho intramolecular Hbond substituents is 1. The van der Waals surface area contributed by atoms with Gasteiger partial charge in [-0.25, -0.2) is 0 Å². The number of phenols is 1. The fraction of sp³-hybridized carbons (Fsp3) is 0.143. The fourth-order valence-electron chi connectivity index (χ4n) is 1.38. The molecule has 1 aliphatic carbocycles. The molecule has 0 radical (unpaired) electrons. The molecular formula is C14H14O. The van der Waals surface area contributed by atoms with Crippen LogP contribution in [0, 0.1) is 6.92 Å². The average Bonchev–Trinajstić information content (AvgIpc) is 3.02. The maximum Gasteiger partial charge on any atom is 0.115 e. The van der Waals surface area contributed by atoms with E-state index in [0.29, 0.717) is 5.75 Å². The predicted octanol–water partition coefficient (Wildman–Crippen LogP) is 3.29. The summed E-state index contributed by atoms with van der Waals surface area (Å²) in [6.45, 7) is 1.99. The second kappa shape index (κ2) is 4.18. The van der Waals surface area contributed by atoms with Gasteiger partial charge in [-0.05, 0) is 36.6 Å². The lowest BCUT2D eigenvalue weighted by Gasteiger charge is -1.89. The Labute approximate surface area is 90.0 Å². The van der Waals surface area contributed by atoms with Crippen molar-refractivity contribution in [1.82, 2.24) is 0 Å². The zero-order valence-corrected chi connectivity index (χ0v) is 8.77. The molecule has 3 rings (SSSR count). The van der Waals surface area contributed by atoms with Crippen LogP contribution in [0.4, 0.5) is 0 Å². The SMILES string of the molecule is Cc1ccc(O)cc1.c1ccc2c(c1)C2. The number of hydrogen-bond donors (Lipinski definition) is 1. The Bertz CT molecular complexity index is 401. The Hall–Kier alpha value is -1.76. The molecule has 0 saturated heterocycles. The Morgan fingerprint density at radius 3 is 1.80 bits per heavy atom. The molecule has 0 saturated carbocycles. The van der Waals surface area contributed by atoms with Gasteiger partial charge in [-0.15, -0.1) is 0 Å². The van der Waals surface area contributed by atoms with Crippen LogP contribution in [0.15, 0.2) is 48.5 Å². The van der Waals surface area contributed by atoms with E-state index in [1.54, 1.807) is 12.1 Å². The molecule has 0 heterocycles. The minimum Gasteiger partial charge on any atom is -0.508 e. The highest BCUT2D eigenvalue weighted by Gasteiger charge is 2.12. The zero-order valence-electron chi connectivity index (χ0n) is 8.77. The summed E-state index contributed by atoms with van der Waals surface area (Å²) in [5, 5.41) is 8.76. The second-order valence-electron chi connectivity index (χ2n) is 3.78. The summed E-state index contributed by atoms with van der Waals surface area (Å²) >= 11 is 0. The molecule has 0 unspecified atom stereocenters. The van der Waals surface area contributed by atoms with Crippen LogP contribution in [0.5, 0.6) is 5.75 Å². The Kier molecular flexibility index (Phi) is 2.72. The number of benzene rings is 2. The topological polar surface area (TPSA) is 20.2 Å². The third-order valence-corrected chi connectivity index (χ3v) is 2.41. The number of rotatable bonds is 0. The highest BCUT2D eigenvalue weighted by Crippen LogP contribution is 2.25. The van der Waals surface area contributed by atoms with Gasteiger partial charge in [0.25, 0.3) is 0 Å². The molecule has 0 atom stereocenters. The molecule has 2 aromatic carbocycles. The molecule has 1 nitrogen and oxygen atoms in total. The largest absolute Gasteiger partial charge is 0.508 e. The van der Waals surface area contributed by atoms with Gasteiger partial charge < -0.3 is 5.11 Å². The van der Waals surface area contributed by atoms with Crippen LogP contribution in [0.1, 0.15) is 16.7 Å². The highest BCUT2D eigenvalue weighted by atomic mass is 16.3. The van der Waals surface area contributed by atoms with E-state index < -0.39 is 0 Å².